The molecule has 31 heavy (non-hydrogen) atoms. The number of rotatable bonds is 6. The van der Waals surface area contributed by atoms with Crippen LogP contribution in [-0.4, -0.2) is 111 Å². The van der Waals surface area contributed by atoms with E-state index in [2.05, 4.69) is 9.80 Å². The Balaban J connectivity index is 1.26. The predicted octanol–water partition coefficient (Wildman–Crippen LogP) is 1.16. The summed E-state index contributed by atoms with van der Waals surface area (Å²) >= 11 is 0. The molecule has 2 saturated heterocycles. The molecule has 1 aromatic rings. The van der Waals surface area contributed by atoms with Crippen molar-refractivity contribution in [2.75, 3.05) is 73.1 Å². The Hall–Kier alpha value is -2.32. The molecule has 8 heteroatoms. The van der Waals surface area contributed by atoms with Crippen LogP contribution >= 0.6 is 0 Å². The van der Waals surface area contributed by atoms with Crippen LogP contribution in [-0.2, 0) is 4.79 Å². The number of carbonyl (C=O) groups is 2. The fourth-order valence-corrected chi connectivity index (χ4v) is 4.71. The van der Waals surface area contributed by atoms with Gasteiger partial charge in [-0.3, -0.25) is 19.4 Å². The normalized spacial score (nSPS) is 21.0. The minimum Gasteiger partial charge on any atom is -0.496 e. The number of carbonyl (C=O) groups excluding carboxylic acids is 2. The van der Waals surface area contributed by atoms with Crippen LogP contribution in [0.4, 0.5) is 0 Å². The third kappa shape index (κ3) is 4.80. The molecule has 0 bridgehead atoms. The Labute approximate surface area is 184 Å². The Kier molecular flexibility index (Phi) is 6.97. The van der Waals surface area contributed by atoms with Gasteiger partial charge in [-0.1, -0.05) is 12.5 Å². The van der Waals surface area contributed by atoms with E-state index in [9.17, 15) is 9.59 Å². The molecule has 1 saturated carbocycles. The van der Waals surface area contributed by atoms with Crippen LogP contribution in [0.5, 0.6) is 11.5 Å². The SMILES string of the molecule is COc1cccc(OC)c1C(=O)N1CCN(CC(=O)N2CCN(C3CCC3)CC2)CC1. The topological polar surface area (TPSA) is 65.6 Å². The molecule has 1 aliphatic carbocycles. The number of nitrogens with zero attached hydrogens (tertiary/aromatic N) is 4. The van der Waals surface area contributed by atoms with Crippen molar-refractivity contribution in [1.29, 1.82) is 0 Å². The maximum atomic E-state index is 13.1. The predicted molar refractivity (Wildman–Crippen MR) is 118 cm³/mol. The van der Waals surface area contributed by atoms with Gasteiger partial charge < -0.3 is 19.3 Å². The summed E-state index contributed by atoms with van der Waals surface area (Å²) in [4.78, 5) is 34.4. The molecule has 0 aromatic heterocycles. The van der Waals surface area contributed by atoms with Gasteiger partial charge in [-0.05, 0) is 25.0 Å². The second kappa shape index (κ2) is 9.87. The van der Waals surface area contributed by atoms with Crippen molar-refractivity contribution in [3.8, 4) is 11.5 Å². The van der Waals surface area contributed by atoms with Crippen molar-refractivity contribution in [3.05, 3.63) is 23.8 Å². The molecule has 1 aromatic carbocycles. The van der Waals surface area contributed by atoms with Gasteiger partial charge in [0.25, 0.3) is 5.91 Å². The molecule has 0 radical (unpaired) electrons. The maximum Gasteiger partial charge on any atom is 0.261 e. The number of ether oxygens (including phenoxy) is 2. The van der Waals surface area contributed by atoms with Crippen LogP contribution in [0, 0.1) is 0 Å². The molecule has 0 N–H and O–H groups in total. The number of amides is 2. The average molecular weight is 431 g/mol. The second-order valence-electron chi connectivity index (χ2n) is 8.61. The van der Waals surface area contributed by atoms with E-state index in [4.69, 9.17) is 9.47 Å². The zero-order valence-electron chi connectivity index (χ0n) is 18.7. The van der Waals surface area contributed by atoms with Gasteiger partial charge in [-0.15, -0.1) is 0 Å². The van der Waals surface area contributed by atoms with E-state index in [0.717, 1.165) is 32.2 Å². The zero-order valence-corrected chi connectivity index (χ0v) is 18.7. The molecule has 3 aliphatic rings. The number of piperazine rings is 2. The fourth-order valence-electron chi connectivity index (χ4n) is 4.71. The summed E-state index contributed by atoms with van der Waals surface area (Å²) in [5, 5.41) is 0. The van der Waals surface area contributed by atoms with E-state index in [1.54, 1.807) is 26.4 Å². The molecule has 3 fully saturated rings. The van der Waals surface area contributed by atoms with E-state index in [1.807, 2.05) is 15.9 Å². The summed E-state index contributed by atoms with van der Waals surface area (Å²) in [5.41, 5.74) is 0.460. The first-order chi connectivity index (χ1) is 15.1. The Morgan fingerprint density at radius 3 is 1.97 bits per heavy atom. The summed E-state index contributed by atoms with van der Waals surface area (Å²) in [6, 6.07) is 6.11. The molecular weight excluding hydrogens is 396 g/mol. The van der Waals surface area contributed by atoms with Crippen molar-refractivity contribution >= 4 is 11.8 Å². The lowest BCUT2D eigenvalue weighted by Gasteiger charge is -2.43. The molecule has 2 amide bonds. The van der Waals surface area contributed by atoms with Crippen molar-refractivity contribution in [2.24, 2.45) is 0 Å². The standard InChI is InChI=1S/C23H34N4O4/c1-30-19-7-4-8-20(31-2)22(19)23(29)27-11-9-24(10-12-27)17-21(28)26-15-13-25(14-16-26)18-5-3-6-18/h4,7-8,18H,3,5-6,9-17H2,1-2H3. The van der Waals surface area contributed by atoms with Gasteiger partial charge in [0.1, 0.15) is 17.1 Å². The summed E-state index contributed by atoms with van der Waals surface area (Å²) in [6.07, 6.45) is 3.98. The highest BCUT2D eigenvalue weighted by Gasteiger charge is 2.31. The quantitative estimate of drug-likeness (QED) is 0.675. The van der Waals surface area contributed by atoms with E-state index >= 15 is 0 Å². The minimum atomic E-state index is -0.0904. The lowest BCUT2D eigenvalue weighted by molar-refractivity contribution is -0.135. The van der Waals surface area contributed by atoms with Crippen molar-refractivity contribution in [3.63, 3.8) is 0 Å². The summed E-state index contributed by atoms with van der Waals surface area (Å²) in [5.74, 6) is 1.15. The molecular formula is C23H34N4O4. The highest BCUT2D eigenvalue weighted by Crippen LogP contribution is 2.30. The highest BCUT2D eigenvalue weighted by atomic mass is 16.5. The van der Waals surface area contributed by atoms with Crippen LogP contribution < -0.4 is 9.47 Å². The molecule has 4 rings (SSSR count). The number of methoxy groups -OCH3 is 2. The number of benzene rings is 1. The van der Waals surface area contributed by atoms with Crippen molar-refractivity contribution in [1.82, 2.24) is 19.6 Å². The van der Waals surface area contributed by atoms with Crippen molar-refractivity contribution < 1.29 is 19.1 Å². The second-order valence-corrected chi connectivity index (χ2v) is 8.61. The van der Waals surface area contributed by atoms with E-state index in [0.29, 0.717) is 49.8 Å². The largest absolute Gasteiger partial charge is 0.496 e. The van der Waals surface area contributed by atoms with E-state index < -0.39 is 0 Å². The van der Waals surface area contributed by atoms with Gasteiger partial charge in [0.2, 0.25) is 5.91 Å². The first kappa shape index (κ1) is 21.9. The van der Waals surface area contributed by atoms with Gasteiger partial charge in [0.15, 0.2) is 0 Å². The minimum absolute atomic E-state index is 0.0904. The number of hydrogen-bond donors (Lipinski definition) is 0. The summed E-state index contributed by atoms with van der Waals surface area (Å²) in [7, 11) is 3.11. The monoisotopic (exact) mass is 430 g/mol. The molecule has 2 aliphatic heterocycles. The molecule has 170 valence electrons. The Morgan fingerprint density at radius 2 is 1.45 bits per heavy atom. The van der Waals surface area contributed by atoms with Crippen LogP contribution in [0.3, 0.4) is 0 Å². The van der Waals surface area contributed by atoms with E-state index in [1.165, 1.54) is 19.3 Å². The van der Waals surface area contributed by atoms with E-state index in [-0.39, 0.29) is 11.8 Å². The van der Waals surface area contributed by atoms with Crippen molar-refractivity contribution in [2.45, 2.75) is 25.3 Å². The molecule has 0 unspecified atom stereocenters. The molecule has 0 atom stereocenters. The van der Waals surface area contributed by atoms with Gasteiger partial charge in [-0.2, -0.15) is 0 Å². The van der Waals surface area contributed by atoms with Gasteiger partial charge >= 0.3 is 0 Å². The Morgan fingerprint density at radius 1 is 0.871 bits per heavy atom. The smallest absolute Gasteiger partial charge is 0.261 e. The van der Waals surface area contributed by atoms with Crippen LogP contribution in [0.25, 0.3) is 0 Å². The van der Waals surface area contributed by atoms with Crippen LogP contribution in [0.1, 0.15) is 29.6 Å². The third-order valence-electron chi connectivity index (χ3n) is 6.92. The van der Waals surface area contributed by atoms with Gasteiger partial charge in [-0.25, -0.2) is 0 Å². The first-order valence-corrected chi connectivity index (χ1v) is 11.3. The average Bonchev–Trinajstić information content (AvgIpc) is 2.77. The lowest BCUT2D eigenvalue weighted by atomic mass is 9.91. The first-order valence-electron chi connectivity index (χ1n) is 11.3. The lowest BCUT2D eigenvalue weighted by Crippen LogP contribution is -2.56. The van der Waals surface area contributed by atoms with Crippen LogP contribution in [0.2, 0.25) is 0 Å². The molecule has 0 spiro atoms. The molecule has 2 heterocycles. The maximum absolute atomic E-state index is 13.1. The molecule has 8 nitrogen and oxygen atoms in total. The third-order valence-corrected chi connectivity index (χ3v) is 6.92. The van der Waals surface area contributed by atoms with Gasteiger partial charge in [0, 0.05) is 58.4 Å². The zero-order chi connectivity index (χ0) is 21.8. The summed E-state index contributed by atoms with van der Waals surface area (Å²) in [6.45, 7) is 6.66. The van der Waals surface area contributed by atoms with Crippen LogP contribution in [0.15, 0.2) is 18.2 Å². The summed E-state index contributed by atoms with van der Waals surface area (Å²) < 4.78 is 10.8. The highest BCUT2D eigenvalue weighted by molar-refractivity contribution is 5.99. The Bertz CT molecular complexity index is 760. The number of hydrogen-bond acceptors (Lipinski definition) is 6. The fraction of sp³-hybridized carbons (Fsp3) is 0.652. The van der Waals surface area contributed by atoms with Gasteiger partial charge in [0.05, 0.1) is 20.8 Å².